The number of ether oxygens (including phenoxy) is 1. The number of nitrogens with zero attached hydrogens (tertiary/aromatic N) is 5. The lowest BCUT2D eigenvalue weighted by molar-refractivity contribution is -0.141. The summed E-state index contributed by atoms with van der Waals surface area (Å²) in [5, 5.41) is 22.0. The number of aryl methyl sites for hydroxylation is 2. The first kappa shape index (κ1) is 29.4. The highest BCUT2D eigenvalue weighted by atomic mass is 16.5. The van der Waals surface area contributed by atoms with Crippen molar-refractivity contribution in [2.45, 2.75) is 52.1 Å². The molecule has 220 valence electrons. The van der Waals surface area contributed by atoms with Crippen LogP contribution in [0.1, 0.15) is 52.6 Å². The van der Waals surface area contributed by atoms with Crippen LogP contribution in [0.3, 0.4) is 0 Å². The van der Waals surface area contributed by atoms with Crippen molar-refractivity contribution >= 4 is 11.9 Å². The number of hydrogen-bond donors (Lipinski definition) is 2. The number of benzene rings is 3. The smallest absolute Gasteiger partial charge is 0.307 e. The summed E-state index contributed by atoms with van der Waals surface area (Å²) >= 11 is 0. The van der Waals surface area contributed by atoms with E-state index in [0.29, 0.717) is 24.5 Å². The molecule has 0 spiro atoms. The van der Waals surface area contributed by atoms with Crippen molar-refractivity contribution in [1.29, 1.82) is 0 Å². The molecule has 0 aliphatic rings. The molecule has 10 nitrogen and oxygen atoms in total. The van der Waals surface area contributed by atoms with E-state index in [-0.39, 0.29) is 18.3 Å². The minimum absolute atomic E-state index is 0.0710. The average Bonchev–Trinajstić information content (AvgIpc) is 3.70. The van der Waals surface area contributed by atoms with Gasteiger partial charge < -0.3 is 10.1 Å². The summed E-state index contributed by atoms with van der Waals surface area (Å²) in [5.74, 6) is -0.0777. The molecule has 3 aromatic carbocycles. The Morgan fingerprint density at radius 1 is 1.00 bits per heavy atom. The van der Waals surface area contributed by atoms with Crippen LogP contribution in [0.15, 0.2) is 78.9 Å². The first-order chi connectivity index (χ1) is 20.9. The van der Waals surface area contributed by atoms with Crippen LogP contribution in [0.4, 0.5) is 0 Å². The van der Waals surface area contributed by atoms with Crippen LogP contribution in [0, 0.1) is 6.92 Å². The molecular formula is C33H35N7O3. The molecule has 2 N–H and O–H groups in total. The van der Waals surface area contributed by atoms with Crippen molar-refractivity contribution in [1.82, 2.24) is 35.7 Å². The van der Waals surface area contributed by atoms with Crippen LogP contribution < -0.4 is 5.32 Å². The Kier molecular flexibility index (Phi) is 9.36. The molecule has 5 aromatic rings. The van der Waals surface area contributed by atoms with Crippen LogP contribution >= 0.6 is 0 Å². The number of methoxy groups -OCH3 is 1. The summed E-state index contributed by atoms with van der Waals surface area (Å²) in [7, 11) is 1.35. The molecule has 0 unspecified atom stereocenters. The summed E-state index contributed by atoms with van der Waals surface area (Å²) in [6.07, 6.45) is 2.28. The normalized spacial score (nSPS) is 11.7. The van der Waals surface area contributed by atoms with Crippen molar-refractivity contribution in [3.05, 3.63) is 107 Å². The van der Waals surface area contributed by atoms with E-state index in [9.17, 15) is 9.59 Å². The molecule has 2 heterocycles. The first-order valence-electron chi connectivity index (χ1n) is 14.4. The van der Waals surface area contributed by atoms with Crippen molar-refractivity contribution in [3.63, 3.8) is 0 Å². The second-order valence-electron chi connectivity index (χ2n) is 10.5. The topological polar surface area (TPSA) is 128 Å². The number of carbonyl (C=O) groups excluding carboxylic acids is 2. The van der Waals surface area contributed by atoms with Crippen molar-refractivity contribution < 1.29 is 14.3 Å². The summed E-state index contributed by atoms with van der Waals surface area (Å²) < 4.78 is 6.79. The molecule has 0 bridgehead atoms. The van der Waals surface area contributed by atoms with E-state index in [0.717, 1.165) is 51.9 Å². The van der Waals surface area contributed by atoms with Gasteiger partial charge in [0.25, 0.3) is 5.91 Å². The number of rotatable bonds is 12. The van der Waals surface area contributed by atoms with E-state index >= 15 is 0 Å². The van der Waals surface area contributed by atoms with Gasteiger partial charge in [-0.15, -0.1) is 5.10 Å². The van der Waals surface area contributed by atoms with E-state index in [1.807, 2.05) is 66.2 Å². The predicted molar refractivity (Wildman–Crippen MR) is 163 cm³/mol. The van der Waals surface area contributed by atoms with Gasteiger partial charge in [-0.05, 0) is 64.1 Å². The second kappa shape index (κ2) is 13.7. The standard InChI is InChI=1S/C33H35N7O3/c1-4-9-27-20-30(33(42)34-26(19-31(41)43-3)18-25-11-6-5-10-22(25)2)37-40(27)21-23-14-16-24(17-15-23)28-12-7-8-13-29(28)32-35-38-39-36-32/h5-8,10-17,20,26H,4,9,18-19,21H2,1-3H3,(H,34,42)(H,35,36,38,39)/t26-/m1/s1. The van der Waals surface area contributed by atoms with E-state index in [1.54, 1.807) is 0 Å². The summed E-state index contributed by atoms with van der Waals surface area (Å²) in [6.45, 7) is 4.64. The van der Waals surface area contributed by atoms with Crippen molar-refractivity contribution in [3.8, 4) is 22.5 Å². The lowest BCUT2D eigenvalue weighted by atomic mass is 9.98. The van der Waals surface area contributed by atoms with Crippen LogP contribution in [0.5, 0.6) is 0 Å². The maximum Gasteiger partial charge on any atom is 0.307 e. The molecule has 0 saturated carbocycles. The third-order valence-electron chi connectivity index (χ3n) is 7.43. The highest BCUT2D eigenvalue weighted by Gasteiger charge is 2.22. The van der Waals surface area contributed by atoms with E-state index < -0.39 is 6.04 Å². The Morgan fingerprint density at radius 3 is 2.44 bits per heavy atom. The van der Waals surface area contributed by atoms with Crippen LogP contribution in [0.25, 0.3) is 22.5 Å². The van der Waals surface area contributed by atoms with Gasteiger partial charge in [-0.25, -0.2) is 5.10 Å². The number of aromatic amines is 1. The fourth-order valence-electron chi connectivity index (χ4n) is 5.16. The molecule has 0 saturated heterocycles. The van der Waals surface area contributed by atoms with Gasteiger partial charge in [0.05, 0.1) is 20.1 Å². The molecule has 43 heavy (non-hydrogen) atoms. The Balaban J connectivity index is 1.33. The Bertz CT molecular complexity index is 1680. The van der Waals surface area contributed by atoms with Gasteiger partial charge in [-0.3, -0.25) is 14.3 Å². The number of esters is 1. The van der Waals surface area contributed by atoms with Gasteiger partial charge in [0, 0.05) is 17.3 Å². The number of aromatic nitrogens is 6. The zero-order chi connectivity index (χ0) is 30.2. The largest absolute Gasteiger partial charge is 0.469 e. The van der Waals surface area contributed by atoms with E-state index in [4.69, 9.17) is 9.84 Å². The summed E-state index contributed by atoms with van der Waals surface area (Å²) in [6, 6.07) is 25.6. The number of hydrogen-bond acceptors (Lipinski definition) is 7. The molecule has 0 aliphatic carbocycles. The minimum Gasteiger partial charge on any atom is -0.469 e. The van der Waals surface area contributed by atoms with Gasteiger partial charge in [0.2, 0.25) is 0 Å². The number of nitrogens with one attached hydrogen (secondary N) is 2. The lowest BCUT2D eigenvalue weighted by Gasteiger charge is -2.18. The number of carbonyl (C=O) groups is 2. The minimum atomic E-state index is -0.427. The van der Waals surface area contributed by atoms with Crippen LogP contribution in [-0.4, -0.2) is 55.4 Å². The molecular weight excluding hydrogens is 542 g/mol. The SMILES string of the molecule is CCCc1cc(C(=O)N[C@@H](CC(=O)OC)Cc2ccccc2C)nn1Cc1ccc(-c2ccccc2-c2nnn[nH]2)cc1. The van der Waals surface area contributed by atoms with Gasteiger partial charge in [-0.2, -0.15) is 5.10 Å². The van der Waals surface area contributed by atoms with Gasteiger partial charge in [0.15, 0.2) is 5.82 Å². The fourth-order valence-corrected chi connectivity index (χ4v) is 5.16. The highest BCUT2D eigenvalue weighted by molar-refractivity contribution is 5.93. The fraction of sp³-hybridized carbons (Fsp3) is 0.273. The maximum absolute atomic E-state index is 13.4. The molecule has 0 aliphatic heterocycles. The van der Waals surface area contributed by atoms with Gasteiger partial charge >= 0.3 is 5.97 Å². The molecule has 10 heteroatoms. The number of amides is 1. The second-order valence-corrected chi connectivity index (χ2v) is 10.5. The molecule has 1 amide bonds. The average molecular weight is 578 g/mol. The Hall–Kier alpha value is -5.12. The maximum atomic E-state index is 13.4. The summed E-state index contributed by atoms with van der Waals surface area (Å²) in [5.41, 5.74) is 7.50. The Labute approximate surface area is 250 Å². The predicted octanol–water partition coefficient (Wildman–Crippen LogP) is 4.94. The zero-order valence-corrected chi connectivity index (χ0v) is 24.6. The number of H-pyrrole nitrogens is 1. The van der Waals surface area contributed by atoms with Crippen molar-refractivity contribution in [2.75, 3.05) is 7.11 Å². The van der Waals surface area contributed by atoms with Gasteiger partial charge in [0.1, 0.15) is 5.69 Å². The molecule has 1 atom stereocenters. The molecule has 5 rings (SSSR count). The zero-order valence-electron chi connectivity index (χ0n) is 24.6. The van der Waals surface area contributed by atoms with Crippen molar-refractivity contribution in [2.24, 2.45) is 0 Å². The quantitative estimate of drug-likeness (QED) is 0.201. The number of tetrazole rings is 1. The van der Waals surface area contributed by atoms with E-state index in [2.05, 4.69) is 57.1 Å². The van der Waals surface area contributed by atoms with Gasteiger partial charge in [-0.1, -0.05) is 86.1 Å². The highest BCUT2D eigenvalue weighted by Crippen LogP contribution is 2.30. The molecule has 2 aromatic heterocycles. The third kappa shape index (κ3) is 7.21. The lowest BCUT2D eigenvalue weighted by Crippen LogP contribution is -2.38. The first-order valence-corrected chi connectivity index (χ1v) is 14.4. The summed E-state index contributed by atoms with van der Waals surface area (Å²) in [4.78, 5) is 25.5. The van der Waals surface area contributed by atoms with Crippen LogP contribution in [-0.2, 0) is 28.9 Å². The Morgan fingerprint density at radius 2 is 1.74 bits per heavy atom. The van der Waals surface area contributed by atoms with Crippen LogP contribution in [0.2, 0.25) is 0 Å². The van der Waals surface area contributed by atoms with E-state index in [1.165, 1.54) is 7.11 Å². The molecule has 0 radical (unpaired) electrons. The monoisotopic (exact) mass is 577 g/mol. The molecule has 0 fully saturated rings. The third-order valence-corrected chi connectivity index (χ3v) is 7.43.